The van der Waals surface area contributed by atoms with E-state index in [2.05, 4.69) is 40.8 Å². The lowest BCUT2D eigenvalue weighted by Gasteiger charge is -2.08. The van der Waals surface area contributed by atoms with Gasteiger partial charge in [-0.15, -0.1) is 5.10 Å². The molecule has 3 N–H and O–H groups in total. The van der Waals surface area contributed by atoms with Crippen LogP contribution in [0, 0.1) is 6.92 Å². The number of aliphatic imine (C=N–C) groups is 1. The fourth-order valence-electron chi connectivity index (χ4n) is 2.98. The summed E-state index contributed by atoms with van der Waals surface area (Å²) < 4.78 is 5.98. The first-order chi connectivity index (χ1) is 13.5. The summed E-state index contributed by atoms with van der Waals surface area (Å²) in [7, 11) is 0. The number of anilines is 1. The topological polar surface area (TPSA) is 149 Å². The summed E-state index contributed by atoms with van der Waals surface area (Å²) in [4.78, 5) is 16.6. The van der Waals surface area contributed by atoms with E-state index in [0.717, 1.165) is 11.3 Å². The molecule has 3 heterocycles. The Balaban J connectivity index is 1.44. The number of nitrogens with two attached hydrogens (primary N) is 1. The second kappa shape index (κ2) is 7.02. The fraction of sp³-hybridized carbons (Fsp3) is 0.235. The lowest BCUT2D eigenvalue weighted by molar-refractivity contribution is -0.121. The molecule has 0 radical (unpaired) electrons. The molecule has 1 atom stereocenters. The van der Waals surface area contributed by atoms with Gasteiger partial charge >= 0.3 is 0 Å². The minimum absolute atomic E-state index is 0.0584. The largest absolute Gasteiger partial charge is 0.378 e. The zero-order valence-electron chi connectivity index (χ0n) is 15.2. The number of benzene rings is 1. The molecule has 4 rings (SSSR count). The molecule has 0 bridgehead atoms. The van der Waals surface area contributed by atoms with Crippen molar-refractivity contribution in [1.82, 2.24) is 30.7 Å². The molecule has 28 heavy (non-hydrogen) atoms. The summed E-state index contributed by atoms with van der Waals surface area (Å²) in [6, 6.07) is 7.75. The van der Waals surface area contributed by atoms with E-state index in [0.29, 0.717) is 17.1 Å². The van der Waals surface area contributed by atoms with Crippen LogP contribution in [0.5, 0.6) is 0 Å². The van der Waals surface area contributed by atoms with Gasteiger partial charge in [0.2, 0.25) is 17.5 Å². The highest BCUT2D eigenvalue weighted by molar-refractivity contribution is 5.98. The van der Waals surface area contributed by atoms with Gasteiger partial charge in [0, 0.05) is 18.6 Å². The van der Waals surface area contributed by atoms with Gasteiger partial charge in [-0.05, 0) is 35.8 Å². The number of hydrogen-bond acceptors (Lipinski definition) is 9. The fourth-order valence-corrected chi connectivity index (χ4v) is 2.98. The van der Waals surface area contributed by atoms with Crippen molar-refractivity contribution in [3.8, 4) is 5.82 Å². The average molecular weight is 379 g/mol. The van der Waals surface area contributed by atoms with Crippen molar-refractivity contribution in [2.75, 3.05) is 5.73 Å². The van der Waals surface area contributed by atoms with E-state index in [1.807, 2.05) is 24.3 Å². The van der Waals surface area contributed by atoms with Crippen LogP contribution >= 0.6 is 0 Å². The predicted molar refractivity (Wildman–Crippen MR) is 101 cm³/mol. The first kappa shape index (κ1) is 17.5. The smallest absolute Gasteiger partial charge is 0.243 e. The molecule has 1 aliphatic rings. The highest BCUT2D eigenvalue weighted by atomic mass is 16.6. The zero-order chi connectivity index (χ0) is 19.7. The van der Waals surface area contributed by atoms with E-state index in [-0.39, 0.29) is 29.9 Å². The van der Waals surface area contributed by atoms with Crippen molar-refractivity contribution in [3.05, 3.63) is 41.2 Å². The van der Waals surface area contributed by atoms with Crippen LogP contribution < -0.4 is 11.2 Å². The van der Waals surface area contributed by atoms with Crippen LogP contribution in [0.2, 0.25) is 0 Å². The van der Waals surface area contributed by atoms with Gasteiger partial charge in [0.05, 0.1) is 17.1 Å². The van der Waals surface area contributed by atoms with Gasteiger partial charge < -0.3 is 5.73 Å². The van der Waals surface area contributed by atoms with Gasteiger partial charge in [-0.1, -0.05) is 23.4 Å². The Morgan fingerprint density at radius 3 is 2.96 bits per heavy atom. The van der Waals surface area contributed by atoms with Crippen LogP contribution in [0.15, 0.2) is 39.0 Å². The molecular weight excluding hydrogens is 362 g/mol. The maximum absolute atomic E-state index is 12.3. The number of para-hydroxylation sites is 1. The standard InChI is InChI=1S/C17H17N9O2/c1-9(15-10(2)26(25-22-15)17-16(18)23-28-24-17)20-21-14(27)7-11-8-19-13-6-4-3-5-12(11)13/h3-6,8,11H,7H2,1-2H3,(H2,18,23)(H,21,27)/b20-9-/t11-/m1/s1. The molecule has 1 amide bonds. The summed E-state index contributed by atoms with van der Waals surface area (Å²) in [6.45, 7) is 3.49. The molecule has 142 valence electrons. The second-order valence-corrected chi connectivity index (χ2v) is 6.29. The molecule has 1 aromatic carbocycles. The number of hydrogen-bond donors (Lipinski definition) is 2. The van der Waals surface area contributed by atoms with Gasteiger partial charge in [0.25, 0.3) is 0 Å². The van der Waals surface area contributed by atoms with E-state index in [1.54, 1.807) is 20.1 Å². The number of nitrogens with one attached hydrogen (secondary N) is 1. The third-order valence-electron chi connectivity index (χ3n) is 4.42. The Bertz CT molecular complexity index is 1100. The molecule has 3 aromatic rings. The maximum Gasteiger partial charge on any atom is 0.243 e. The van der Waals surface area contributed by atoms with Crippen molar-refractivity contribution >= 4 is 29.3 Å². The first-order valence-corrected chi connectivity index (χ1v) is 8.52. The number of carbonyl (C=O) groups excluding carboxylic acids is 1. The van der Waals surface area contributed by atoms with E-state index in [1.165, 1.54) is 4.68 Å². The van der Waals surface area contributed by atoms with Crippen LogP contribution in [-0.4, -0.2) is 43.1 Å². The third kappa shape index (κ3) is 3.13. The van der Waals surface area contributed by atoms with Gasteiger partial charge in [0.15, 0.2) is 0 Å². The average Bonchev–Trinajstić information content (AvgIpc) is 3.39. The highest BCUT2D eigenvalue weighted by Crippen LogP contribution is 2.33. The molecular formula is C17H17N9O2. The van der Waals surface area contributed by atoms with Crippen molar-refractivity contribution < 1.29 is 9.42 Å². The monoisotopic (exact) mass is 379 g/mol. The molecule has 0 fully saturated rings. The van der Waals surface area contributed by atoms with Gasteiger partial charge in [-0.2, -0.15) is 9.78 Å². The van der Waals surface area contributed by atoms with Crippen molar-refractivity contribution in [3.63, 3.8) is 0 Å². The molecule has 11 heteroatoms. The van der Waals surface area contributed by atoms with Gasteiger partial charge in [-0.3, -0.25) is 9.79 Å². The minimum Gasteiger partial charge on any atom is -0.378 e. The lowest BCUT2D eigenvalue weighted by Crippen LogP contribution is -2.21. The van der Waals surface area contributed by atoms with Crippen LogP contribution in [0.4, 0.5) is 11.5 Å². The number of nitrogen functional groups attached to an aromatic ring is 1. The Morgan fingerprint density at radius 1 is 1.36 bits per heavy atom. The minimum atomic E-state index is -0.220. The van der Waals surface area contributed by atoms with Gasteiger partial charge in [-0.25, -0.2) is 10.1 Å². The number of fused-ring (bicyclic) bond motifs is 1. The van der Waals surface area contributed by atoms with Crippen molar-refractivity contribution in [1.29, 1.82) is 0 Å². The van der Waals surface area contributed by atoms with Crippen LogP contribution in [-0.2, 0) is 4.79 Å². The van der Waals surface area contributed by atoms with E-state index in [4.69, 9.17) is 5.73 Å². The van der Waals surface area contributed by atoms with E-state index >= 15 is 0 Å². The molecule has 0 aliphatic carbocycles. The molecule has 2 aromatic heterocycles. The number of amides is 1. The maximum atomic E-state index is 12.3. The molecule has 11 nitrogen and oxygen atoms in total. The lowest BCUT2D eigenvalue weighted by atomic mass is 9.98. The Morgan fingerprint density at radius 2 is 2.18 bits per heavy atom. The molecule has 1 aliphatic heterocycles. The summed E-state index contributed by atoms with van der Waals surface area (Å²) in [6.07, 6.45) is 2.04. The van der Waals surface area contributed by atoms with Crippen LogP contribution in [0.1, 0.15) is 36.2 Å². The number of hydrazone groups is 1. The molecule has 0 spiro atoms. The number of aromatic nitrogens is 5. The third-order valence-corrected chi connectivity index (χ3v) is 4.42. The molecule has 0 saturated heterocycles. The van der Waals surface area contributed by atoms with Crippen LogP contribution in [0.25, 0.3) is 5.82 Å². The molecule has 0 unspecified atom stereocenters. The number of rotatable bonds is 5. The summed E-state index contributed by atoms with van der Waals surface area (Å²) in [5.74, 6) is 0.0627. The normalized spacial score (nSPS) is 15.6. The van der Waals surface area contributed by atoms with Crippen molar-refractivity contribution in [2.45, 2.75) is 26.2 Å². The Labute approximate surface area is 159 Å². The summed E-state index contributed by atoms with van der Waals surface area (Å²) >= 11 is 0. The quantitative estimate of drug-likeness (QED) is 0.500. The number of carbonyl (C=O) groups is 1. The van der Waals surface area contributed by atoms with Crippen LogP contribution in [0.3, 0.4) is 0 Å². The summed E-state index contributed by atoms with van der Waals surface area (Å²) in [5.41, 5.74) is 11.8. The van der Waals surface area contributed by atoms with Gasteiger partial charge in [0.1, 0.15) is 5.69 Å². The van der Waals surface area contributed by atoms with E-state index in [9.17, 15) is 4.79 Å². The predicted octanol–water partition coefficient (Wildman–Crippen LogP) is 1.27. The highest BCUT2D eigenvalue weighted by Gasteiger charge is 2.21. The Kier molecular flexibility index (Phi) is 4.39. The summed E-state index contributed by atoms with van der Waals surface area (Å²) in [5, 5.41) is 19.4. The van der Waals surface area contributed by atoms with E-state index < -0.39 is 0 Å². The SMILES string of the molecule is C/C(=N/NC(=O)C[C@@H]1C=Nc2ccccc21)c1nnn(-c2nonc2N)c1C. The Hall–Kier alpha value is -3.89. The zero-order valence-corrected chi connectivity index (χ0v) is 15.2. The number of nitrogens with zero attached hydrogens (tertiary/aromatic N) is 7. The first-order valence-electron chi connectivity index (χ1n) is 8.52. The second-order valence-electron chi connectivity index (χ2n) is 6.29. The molecule has 0 saturated carbocycles. The van der Waals surface area contributed by atoms with Crippen molar-refractivity contribution in [2.24, 2.45) is 10.1 Å².